The van der Waals surface area contributed by atoms with Gasteiger partial charge in [0, 0.05) is 25.5 Å². The lowest BCUT2D eigenvalue weighted by molar-refractivity contribution is -0.130. The second-order valence-electron chi connectivity index (χ2n) is 10.4. The van der Waals surface area contributed by atoms with E-state index in [2.05, 4.69) is 21.9 Å². The number of unbranched alkanes of at least 4 members (excludes halogenated alkanes) is 14. The maximum atomic E-state index is 12.6. The molecule has 0 spiro atoms. The fourth-order valence-corrected chi connectivity index (χ4v) is 4.95. The van der Waals surface area contributed by atoms with Crippen molar-refractivity contribution in [2.75, 3.05) is 12.3 Å². The molecule has 2 unspecified atom stereocenters. The number of anilines is 1. The van der Waals surface area contributed by atoms with Gasteiger partial charge in [0.15, 0.2) is 16.9 Å². The number of ketones is 1. The van der Waals surface area contributed by atoms with Crippen LogP contribution in [0.15, 0.2) is 11.1 Å². The number of carbonyl (C=O) groups is 1. The van der Waals surface area contributed by atoms with Crippen LogP contribution >= 0.6 is 0 Å². The van der Waals surface area contributed by atoms with Crippen molar-refractivity contribution in [2.24, 2.45) is 5.92 Å². The molecule has 9 nitrogen and oxygen atoms in total. The Hall–Kier alpha value is -2.26. The number of aromatic amines is 1. The number of Topliss-reactive ketones (excluding diaryl/α,β-unsaturated/α-hetero) is 1. The molecule has 2 heterocycles. The van der Waals surface area contributed by atoms with Crippen molar-refractivity contribution in [1.29, 1.82) is 0 Å². The first-order chi connectivity index (χ1) is 18.0. The summed E-state index contributed by atoms with van der Waals surface area (Å²) in [6.45, 7) is 2.31. The van der Waals surface area contributed by atoms with Gasteiger partial charge in [0.2, 0.25) is 5.95 Å². The number of carbonyl (C=O) groups excluding carboxylic acids is 1. The Morgan fingerprint density at radius 1 is 0.973 bits per heavy atom. The minimum atomic E-state index is -1.18. The number of nitrogen functional groups attached to an aromatic ring is 1. The Labute approximate surface area is 221 Å². The number of aromatic nitrogens is 4. The zero-order valence-electron chi connectivity index (χ0n) is 22.8. The molecule has 0 aliphatic rings. The van der Waals surface area contributed by atoms with E-state index in [0.717, 1.165) is 19.3 Å². The number of aliphatic hydroxyl groups excluding tert-OH is 2. The molecule has 37 heavy (non-hydrogen) atoms. The molecule has 9 heteroatoms. The predicted octanol–water partition coefficient (Wildman–Crippen LogP) is 4.89. The van der Waals surface area contributed by atoms with Gasteiger partial charge in [-0.2, -0.15) is 4.98 Å². The highest BCUT2D eigenvalue weighted by Crippen LogP contribution is 2.19. The quantitative estimate of drug-likeness (QED) is 0.162. The third-order valence-corrected chi connectivity index (χ3v) is 7.23. The Morgan fingerprint density at radius 2 is 1.51 bits per heavy atom. The molecule has 5 N–H and O–H groups in total. The van der Waals surface area contributed by atoms with E-state index in [-0.39, 0.29) is 36.8 Å². The maximum absolute atomic E-state index is 12.6. The zero-order chi connectivity index (χ0) is 26.9. The molecule has 2 aromatic rings. The van der Waals surface area contributed by atoms with Crippen LogP contribution in [0.25, 0.3) is 11.2 Å². The molecule has 0 saturated heterocycles. The van der Waals surface area contributed by atoms with E-state index >= 15 is 0 Å². The van der Waals surface area contributed by atoms with Crippen molar-refractivity contribution in [1.82, 2.24) is 19.5 Å². The maximum Gasteiger partial charge on any atom is 0.280 e. The largest absolute Gasteiger partial charge is 0.396 e. The van der Waals surface area contributed by atoms with Crippen LogP contribution in [0.5, 0.6) is 0 Å². The summed E-state index contributed by atoms with van der Waals surface area (Å²) < 4.78 is 1.60. The summed E-state index contributed by atoms with van der Waals surface area (Å²) in [5.74, 6) is -0.737. The first-order valence-electron chi connectivity index (χ1n) is 14.5. The van der Waals surface area contributed by atoms with E-state index in [1.165, 1.54) is 83.4 Å². The SMILES string of the molecule is CCCCCCCCCCCCCCCCCC(=O)C(O)C(CCO)Cn1cnc2c(=O)[nH]c(N)nc21. The minimum Gasteiger partial charge on any atom is -0.396 e. The minimum absolute atomic E-state index is 0.0252. The number of nitrogens with one attached hydrogen (secondary N) is 1. The Bertz CT molecular complexity index is 958. The molecular formula is C28H49N5O4. The molecule has 0 bridgehead atoms. The molecule has 0 fully saturated rings. The fourth-order valence-electron chi connectivity index (χ4n) is 4.95. The summed E-state index contributed by atoms with van der Waals surface area (Å²) in [4.78, 5) is 35.2. The van der Waals surface area contributed by atoms with Gasteiger partial charge >= 0.3 is 0 Å². The summed E-state index contributed by atoms with van der Waals surface area (Å²) in [5, 5.41) is 20.2. The van der Waals surface area contributed by atoms with Gasteiger partial charge in [-0.25, -0.2) is 4.98 Å². The van der Waals surface area contributed by atoms with Crippen molar-refractivity contribution in [2.45, 2.75) is 129 Å². The Morgan fingerprint density at radius 3 is 2.05 bits per heavy atom. The van der Waals surface area contributed by atoms with Crippen LogP contribution in [0.4, 0.5) is 5.95 Å². The summed E-state index contributed by atoms with van der Waals surface area (Å²) >= 11 is 0. The van der Waals surface area contributed by atoms with Gasteiger partial charge < -0.3 is 20.5 Å². The fraction of sp³-hybridized carbons (Fsp3) is 0.786. The molecule has 0 aliphatic heterocycles. The smallest absolute Gasteiger partial charge is 0.280 e. The zero-order valence-corrected chi connectivity index (χ0v) is 22.8. The van der Waals surface area contributed by atoms with Gasteiger partial charge in [0.25, 0.3) is 5.56 Å². The highest BCUT2D eigenvalue weighted by molar-refractivity contribution is 5.83. The second-order valence-corrected chi connectivity index (χ2v) is 10.4. The van der Waals surface area contributed by atoms with Crippen LogP contribution in [0.1, 0.15) is 116 Å². The number of nitrogens with two attached hydrogens (primary N) is 1. The normalized spacial score (nSPS) is 13.3. The van der Waals surface area contributed by atoms with Gasteiger partial charge in [-0.3, -0.25) is 14.6 Å². The average Bonchev–Trinajstić information content (AvgIpc) is 3.28. The second kappa shape index (κ2) is 18.1. The highest BCUT2D eigenvalue weighted by atomic mass is 16.3. The predicted molar refractivity (Wildman–Crippen MR) is 148 cm³/mol. The first kappa shape index (κ1) is 31.0. The Balaban J connectivity index is 1.60. The lowest BCUT2D eigenvalue weighted by Gasteiger charge is -2.22. The molecule has 2 atom stereocenters. The molecular weight excluding hydrogens is 470 g/mol. The molecule has 210 valence electrons. The Kier molecular flexibility index (Phi) is 15.1. The number of imidazole rings is 1. The van der Waals surface area contributed by atoms with Gasteiger partial charge in [0.05, 0.1) is 6.33 Å². The number of hydrogen-bond acceptors (Lipinski definition) is 7. The van der Waals surface area contributed by atoms with Crippen LogP contribution in [-0.4, -0.2) is 48.2 Å². The van der Waals surface area contributed by atoms with E-state index in [1.807, 2.05) is 0 Å². The number of nitrogens with zero attached hydrogens (tertiary/aromatic N) is 3. The molecule has 0 aliphatic carbocycles. The van der Waals surface area contributed by atoms with Crippen LogP contribution in [0.3, 0.4) is 0 Å². The van der Waals surface area contributed by atoms with Crippen molar-refractivity contribution < 1.29 is 15.0 Å². The number of fused-ring (bicyclic) bond motifs is 1. The standard InChI is InChI=1S/C28H49N5O4/c1-2-3-4-5-6-7-8-9-10-11-12-13-14-15-16-17-23(35)25(36)22(18-19-34)20-33-21-30-24-26(33)31-28(29)32-27(24)37/h21-22,25,34,36H,2-20H2,1H3,(H3,29,31,32,37). The van der Waals surface area contributed by atoms with Crippen LogP contribution in [0.2, 0.25) is 0 Å². The molecule has 0 saturated carbocycles. The first-order valence-corrected chi connectivity index (χ1v) is 14.5. The van der Waals surface area contributed by atoms with Crippen LogP contribution in [0, 0.1) is 5.92 Å². The van der Waals surface area contributed by atoms with Gasteiger partial charge in [-0.15, -0.1) is 0 Å². The number of rotatable bonds is 22. The van der Waals surface area contributed by atoms with Crippen molar-refractivity contribution in [3.8, 4) is 0 Å². The summed E-state index contributed by atoms with van der Waals surface area (Å²) in [6, 6.07) is 0. The van der Waals surface area contributed by atoms with Crippen LogP contribution < -0.4 is 11.3 Å². The number of hydrogen-bond donors (Lipinski definition) is 4. The molecule has 2 aromatic heterocycles. The monoisotopic (exact) mass is 519 g/mol. The van der Waals surface area contributed by atoms with Crippen LogP contribution in [-0.2, 0) is 11.3 Å². The molecule has 2 rings (SSSR count). The lowest BCUT2D eigenvalue weighted by Crippen LogP contribution is -2.33. The van der Waals surface area contributed by atoms with Gasteiger partial charge in [-0.05, 0) is 12.8 Å². The van der Waals surface area contributed by atoms with E-state index in [9.17, 15) is 19.8 Å². The molecule has 0 radical (unpaired) electrons. The van der Waals surface area contributed by atoms with Crippen molar-refractivity contribution in [3.63, 3.8) is 0 Å². The molecule has 0 aromatic carbocycles. The molecule has 0 amide bonds. The average molecular weight is 520 g/mol. The third kappa shape index (κ3) is 11.3. The van der Waals surface area contributed by atoms with E-state index < -0.39 is 17.6 Å². The lowest BCUT2D eigenvalue weighted by atomic mass is 9.93. The number of aliphatic hydroxyl groups is 2. The van der Waals surface area contributed by atoms with E-state index in [0.29, 0.717) is 12.1 Å². The topological polar surface area (TPSA) is 147 Å². The number of H-pyrrole nitrogens is 1. The summed E-state index contributed by atoms with van der Waals surface area (Å²) in [6.07, 6.45) is 19.8. The van der Waals surface area contributed by atoms with Gasteiger partial charge in [-0.1, -0.05) is 96.8 Å². The summed E-state index contributed by atoms with van der Waals surface area (Å²) in [7, 11) is 0. The van der Waals surface area contributed by atoms with Crippen molar-refractivity contribution >= 4 is 22.9 Å². The summed E-state index contributed by atoms with van der Waals surface area (Å²) in [5.41, 5.74) is 5.65. The third-order valence-electron chi connectivity index (χ3n) is 7.23. The van der Waals surface area contributed by atoms with E-state index in [4.69, 9.17) is 5.73 Å². The highest BCUT2D eigenvalue weighted by Gasteiger charge is 2.26. The van der Waals surface area contributed by atoms with Gasteiger partial charge in [0.1, 0.15) is 6.10 Å². The van der Waals surface area contributed by atoms with E-state index in [1.54, 1.807) is 4.57 Å². The van der Waals surface area contributed by atoms with Crippen molar-refractivity contribution in [3.05, 3.63) is 16.7 Å².